The second-order valence-electron chi connectivity index (χ2n) is 34.2. The molecule has 1 N–H and O–H groups in total. The molecule has 0 radical (unpaired) electrons. The summed E-state index contributed by atoms with van der Waals surface area (Å²) in [6.07, 6.45) is 1.63. The number of methoxy groups -OCH3 is 2. The molecule has 0 spiro atoms. The highest BCUT2D eigenvalue weighted by Gasteiger charge is 2.45. The highest BCUT2D eigenvalue weighted by Crippen LogP contribution is 2.56. The van der Waals surface area contributed by atoms with E-state index in [1.54, 1.807) is 42.4 Å². The van der Waals surface area contributed by atoms with Gasteiger partial charge in [0, 0.05) is 61.3 Å². The van der Waals surface area contributed by atoms with E-state index in [0.717, 1.165) is 140 Å². The van der Waals surface area contributed by atoms with Gasteiger partial charge in [-0.3, -0.25) is 4.57 Å². The number of aliphatic hydroxyl groups excluding tert-OH is 1. The summed E-state index contributed by atoms with van der Waals surface area (Å²) in [6, 6.07) is 119. The summed E-state index contributed by atoms with van der Waals surface area (Å²) in [5.74, 6) is 5.33. The van der Waals surface area contributed by atoms with Crippen molar-refractivity contribution in [2.45, 2.75) is 134 Å². The Kier molecular flexibility index (Phi) is 29.4. The molecule has 3 aliphatic rings. The summed E-state index contributed by atoms with van der Waals surface area (Å²) in [5, 5.41) is 12.4. The van der Waals surface area contributed by atoms with E-state index >= 15 is 0 Å². The smallest absolute Gasteiger partial charge is 0.303 e. The van der Waals surface area contributed by atoms with Crippen LogP contribution in [0.4, 0.5) is 11.6 Å². The maximum Gasteiger partial charge on any atom is 0.303 e. The Morgan fingerprint density at radius 1 is 0.453 bits per heavy atom. The maximum atomic E-state index is 12.4. The number of aliphatic hydroxyl groups is 1. The first-order valence-electron chi connectivity index (χ1n) is 44.6. The molecule has 14 nitrogen and oxygen atoms in total. The number of pyridine rings is 2. The number of nitrogens with zero attached hydrogens (tertiary/aromatic N) is 6. The number of fused-ring (bicyclic) bond motifs is 3. The largest absolute Gasteiger partial charge is 0.497 e. The molecular weight excluding hydrogens is 1620 g/mol. The van der Waals surface area contributed by atoms with Gasteiger partial charge in [0.05, 0.1) is 52.0 Å². The van der Waals surface area contributed by atoms with Crippen LogP contribution in [0.3, 0.4) is 0 Å². The first-order valence-corrected chi connectivity index (χ1v) is 47.2. The van der Waals surface area contributed by atoms with E-state index in [2.05, 4.69) is 349 Å². The van der Waals surface area contributed by atoms with Crippen molar-refractivity contribution in [3.8, 4) is 23.0 Å². The van der Waals surface area contributed by atoms with E-state index in [9.17, 15) is 9.67 Å². The lowest BCUT2D eigenvalue weighted by atomic mass is 9.79. The van der Waals surface area contributed by atoms with Gasteiger partial charge in [-0.2, -0.15) is 0 Å². The predicted octanol–water partition coefficient (Wildman–Crippen LogP) is 24.9. The van der Waals surface area contributed by atoms with Crippen molar-refractivity contribution in [3.63, 3.8) is 0 Å². The minimum atomic E-state index is -2.70. The van der Waals surface area contributed by atoms with Crippen molar-refractivity contribution >= 4 is 29.7 Å². The number of ether oxygens (including phenoxy) is 6. The molecule has 14 aromatic rings. The second-order valence-corrected chi connectivity index (χ2v) is 38.1. The Morgan fingerprint density at radius 2 is 0.844 bits per heavy atom. The van der Waals surface area contributed by atoms with Crippen LogP contribution in [0.5, 0.6) is 23.0 Å². The van der Waals surface area contributed by atoms with Crippen LogP contribution in [0.15, 0.2) is 340 Å². The molecule has 0 amide bonds. The third-order valence-electron chi connectivity index (χ3n) is 25.3. The predicted molar refractivity (Wildman–Crippen MR) is 519 cm³/mol. The van der Waals surface area contributed by atoms with Crippen LogP contribution in [0.25, 0.3) is 0 Å². The van der Waals surface area contributed by atoms with E-state index in [0.29, 0.717) is 19.8 Å². The van der Waals surface area contributed by atoms with Gasteiger partial charge in [0.1, 0.15) is 51.9 Å². The minimum absolute atomic E-state index is 0.0149. The zero-order chi connectivity index (χ0) is 89.5. The molecule has 16 heteroatoms. The average molecular weight is 1740 g/mol. The molecule has 0 fully saturated rings. The van der Waals surface area contributed by atoms with E-state index in [-0.39, 0.29) is 42.4 Å². The molecular formula is C112H118ClN6O8P. The fourth-order valence-corrected chi connectivity index (χ4v) is 19.3. The zero-order valence-electron chi connectivity index (χ0n) is 75.6. The van der Waals surface area contributed by atoms with Crippen molar-refractivity contribution in [2.75, 3.05) is 65.4 Å². The van der Waals surface area contributed by atoms with Crippen molar-refractivity contribution in [1.82, 2.24) is 19.3 Å². The Labute approximate surface area is 762 Å². The van der Waals surface area contributed by atoms with Gasteiger partial charge in [0.2, 0.25) is 0 Å². The molecule has 656 valence electrons. The minimum Gasteiger partial charge on any atom is -0.497 e. The third-order valence-corrected chi connectivity index (χ3v) is 29.1. The molecule has 12 aromatic carbocycles. The first kappa shape index (κ1) is 90.8. The van der Waals surface area contributed by atoms with E-state index in [1.807, 2.05) is 42.5 Å². The normalized spacial score (nSPS) is 15.0. The van der Waals surface area contributed by atoms with Gasteiger partial charge < -0.3 is 43.3 Å². The summed E-state index contributed by atoms with van der Waals surface area (Å²) >= 11 is 5.61. The van der Waals surface area contributed by atoms with Crippen molar-refractivity contribution in [1.29, 1.82) is 0 Å². The maximum absolute atomic E-state index is 12.4. The number of anilines is 2. The van der Waals surface area contributed by atoms with Crippen LogP contribution < -0.4 is 28.7 Å². The Bertz CT molecular complexity index is 5820. The molecule has 17 rings (SSSR count). The fourth-order valence-electron chi connectivity index (χ4n) is 18.6. The van der Waals surface area contributed by atoms with Gasteiger partial charge in [0.25, 0.3) is 0 Å². The quantitative estimate of drug-likeness (QED) is 0.0327. The van der Waals surface area contributed by atoms with Crippen LogP contribution in [0, 0.1) is 5.92 Å². The molecule has 2 aliphatic heterocycles. The number of hydrogen-bond donors (Lipinski definition) is 1. The summed E-state index contributed by atoms with van der Waals surface area (Å²) < 4.78 is 53.1. The molecule has 0 bridgehead atoms. The van der Waals surface area contributed by atoms with Crippen LogP contribution >= 0.6 is 18.0 Å². The lowest BCUT2D eigenvalue weighted by Crippen LogP contribution is -2.33. The lowest BCUT2D eigenvalue weighted by molar-refractivity contribution is -0.000333. The van der Waals surface area contributed by atoms with Gasteiger partial charge >= 0.3 is 6.80 Å². The monoisotopic (exact) mass is 1740 g/mol. The SMILES string of the molecule is CC[C@H](c1ccc(OC)cc1COC(c1ccccc1)(c1ccccc1)c1ccccc1)c1nc(N(Cc2ccccc2)C(C)C)ccc1[C@H](O)c1ccc2c(c1)OCC2.CN(C)P(=O)(Cl)N(C)C.COc1ccc([C@@H]2c3nc(N(Cc4ccccc4)C(C)C)ccc3C(c3ccc4c(c3)OCC4)[C@H]2C)c(COC(c2ccccc2)(c2ccccc2)c2ccccc2)c1. The molecule has 1 unspecified atom stereocenters. The van der Waals surface area contributed by atoms with Crippen molar-refractivity contribution in [3.05, 3.63) is 451 Å². The molecule has 0 saturated carbocycles. The van der Waals surface area contributed by atoms with Crippen LogP contribution in [-0.2, 0) is 64.4 Å². The van der Waals surface area contributed by atoms with E-state index in [4.69, 9.17) is 49.6 Å². The summed E-state index contributed by atoms with van der Waals surface area (Å²) in [4.78, 5) is 16.0. The summed E-state index contributed by atoms with van der Waals surface area (Å²) in [6.45, 7) is 14.3. The Morgan fingerprint density at radius 3 is 1.27 bits per heavy atom. The van der Waals surface area contributed by atoms with Gasteiger partial charge in [-0.25, -0.2) is 19.3 Å². The zero-order valence-corrected chi connectivity index (χ0v) is 77.2. The number of halogens is 1. The average Bonchev–Trinajstić information content (AvgIpc) is 1.53. The van der Waals surface area contributed by atoms with Crippen LogP contribution in [0.2, 0.25) is 0 Å². The van der Waals surface area contributed by atoms with Gasteiger partial charge in [-0.1, -0.05) is 305 Å². The number of hydrogen-bond acceptors (Lipinski definition) is 12. The third kappa shape index (κ3) is 19.7. The summed E-state index contributed by atoms with van der Waals surface area (Å²) in [5.41, 5.74) is 19.8. The molecule has 128 heavy (non-hydrogen) atoms. The van der Waals surface area contributed by atoms with Crippen LogP contribution in [-0.4, -0.2) is 92.1 Å². The Balaban J connectivity index is 0.000000180. The highest BCUT2D eigenvalue weighted by molar-refractivity contribution is 7.85. The number of rotatable bonds is 31. The highest BCUT2D eigenvalue weighted by atomic mass is 35.7. The number of benzene rings is 12. The van der Waals surface area contributed by atoms with Gasteiger partial charge in [0.15, 0.2) is 0 Å². The Hall–Kier alpha value is -11.9. The standard InChI is InChI=1S/C54H54N2O4.C54H52N2O3.C4H12ClN2OP/c1-5-47(52-49(53(57)41-27-26-40-32-33-59-50(40)35-41)30-31-51(55-52)56(38(2)3)36-39-18-10-6-11-19-39)48-29-28-46(58-4)34-42(48)37-60-54(43-20-12-7-13-21-43,44-22-14-8-15-23-44)45-24-16-9-17-25-45;1-37(2)56(35-39-17-9-5-10-18-39)50-30-29-48-51(41-26-25-40-31-32-58-49(40)34-41)38(3)52(53(48)55-50)47-28-27-46(57-4)33-42(47)36-59-54(43-19-11-6-12-20-43,44-21-13-7-14-22-44)45-23-15-8-16-24-45;1-6(2)9(5,8)7(3)4/h6-31,34-35,38,47,53,57H,5,32-33,36-37H2,1-4H3;5-30,33-34,37-38,51-52H,31-32,35-36H2,1-4H3;1-4H3/t47-,53-;38-,51?,52-;/m11./s1. The summed E-state index contributed by atoms with van der Waals surface area (Å²) in [7, 11) is 10.2. The first-order chi connectivity index (χ1) is 62.2. The number of aromatic nitrogens is 2. The molecule has 2 aromatic heterocycles. The van der Waals surface area contributed by atoms with Crippen molar-refractivity contribution in [2.24, 2.45) is 5.92 Å². The van der Waals surface area contributed by atoms with Gasteiger partial charge in [-0.15, -0.1) is 0 Å². The van der Waals surface area contributed by atoms with Crippen LogP contribution in [0.1, 0.15) is 183 Å². The fraction of sp³-hybridized carbons (Fsp3) is 0.268. The molecule has 5 atom stereocenters. The molecule has 0 saturated heterocycles. The topological polar surface area (TPSA) is 131 Å². The van der Waals surface area contributed by atoms with Crippen molar-refractivity contribution < 1.29 is 38.1 Å². The van der Waals surface area contributed by atoms with E-state index in [1.165, 1.54) is 48.3 Å². The lowest BCUT2D eigenvalue weighted by Gasteiger charge is -2.36. The molecule has 4 heterocycles. The van der Waals surface area contributed by atoms with Gasteiger partial charge in [-0.05, 0) is 223 Å². The second kappa shape index (κ2) is 41.4. The molecule has 1 aliphatic carbocycles. The van der Waals surface area contributed by atoms with E-state index < -0.39 is 24.1 Å².